The Morgan fingerprint density at radius 1 is 1.29 bits per heavy atom. The van der Waals surface area contributed by atoms with Crippen molar-refractivity contribution in [3.8, 4) is 11.3 Å². The molecular formula is C19H26N3O2+. The van der Waals surface area contributed by atoms with Gasteiger partial charge in [0.15, 0.2) is 0 Å². The highest BCUT2D eigenvalue weighted by Gasteiger charge is 2.29. The summed E-state index contributed by atoms with van der Waals surface area (Å²) < 4.78 is 5.15. The molecule has 1 aliphatic heterocycles. The van der Waals surface area contributed by atoms with Crippen LogP contribution in [0.15, 0.2) is 30.5 Å². The van der Waals surface area contributed by atoms with Gasteiger partial charge in [0, 0.05) is 18.4 Å². The Morgan fingerprint density at radius 3 is 2.67 bits per heavy atom. The standard InChI is InChI=1S/C19H25N3O2/c1-3-24-19(23)16-8-10-22(11-9-16)13-17-12-20-21-18(17)15-6-4-14(2)5-7-15/h4-7,12,16H,3,8-11,13H2,1-2H3,(H,20,21)/p+1. The van der Waals surface area contributed by atoms with E-state index in [1.165, 1.54) is 21.6 Å². The first kappa shape index (κ1) is 16.7. The summed E-state index contributed by atoms with van der Waals surface area (Å²) in [5.41, 5.74) is 4.78. The second-order valence-corrected chi connectivity index (χ2v) is 6.59. The van der Waals surface area contributed by atoms with E-state index in [9.17, 15) is 4.79 Å². The van der Waals surface area contributed by atoms with Crippen LogP contribution in [0, 0.1) is 12.8 Å². The number of nitrogens with zero attached hydrogens (tertiary/aromatic N) is 1. The molecule has 0 aliphatic carbocycles. The Balaban J connectivity index is 1.61. The minimum absolute atomic E-state index is 0.0276. The van der Waals surface area contributed by atoms with E-state index >= 15 is 0 Å². The normalized spacial score (nSPS) is 20.8. The van der Waals surface area contributed by atoms with Crippen LogP contribution in [0.4, 0.5) is 0 Å². The predicted molar refractivity (Wildman–Crippen MR) is 92.5 cm³/mol. The maximum Gasteiger partial charge on any atom is 0.309 e. The fourth-order valence-electron chi connectivity index (χ4n) is 3.38. The first-order chi connectivity index (χ1) is 11.7. The van der Waals surface area contributed by atoms with Crippen molar-refractivity contribution in [2.24, 2.45) is 5.92 Å². The van der Waals surface area contributed by atoms with Crippen molar-refractivity contribution < 1.29 is 14.4 Å². The molecule has 1 fully saturated rings. The fourth-order valence-corrected chi connectivity index (χ4v) is 3.38. The van der Waals surface area contributed by atoms with E-state index < -0.39 is 0 Å². The number of nitrogens with one attached hydrogen (secondary N) is 2. The Morgan fingerprint density at radius 2 is 2.00 bits per heavy atom. The van der Waals surface area contributed by atoms with Gasteiger partial charge in [0.2, 0.25) is 0 Å². The van der Waals surface area contributed by atoms with Crippen molar-refractivity contribution in [1.82, 2.24) is 10.2 Å². The fraction of sp³-hybridized carbons (Fsp3) is 0.474. The smallest absolute Gasteiger partial charge is 0.309 e. The molecule has 5 heteroatoms. The van der Waals surface area contributed by atoms with Gasteiger partial charge < -0.3 is 9.64 Å². The number of esters is 1. The number of benzene rings is 1. The maximum absolute atomic E-state index is 11.8. The van der Waals surface area contributed by atoms with E-state index in [-0.39, 0.29) is 11.9 Å². The molecule has 0 bridgehead atoms. The SMILES string of the molecule is CCOC(=O)C1CC[NH+](Cc2cn[nH]c2-c2ccc(C)cc2)CC1. The van der Waals surface area contributed by atoms with Gasteiger partial charge in [-0.3, -0.25) is 9.89 Å². The quantitative estimate of drug-likeness (QED) is 0.822. The van der Waals surface area contributed by atoms with Crippen LogP contribution in [0.1, 0.15) is 30.9 Å². The molecule has 24 heavy (non-hydrogen) atoms. The molecule has 1 aromatic carbocycles. The highest BCUT2D eigenvalue weighted by Crippen LogP contribution is 2.21. The summed E-state index contributed by atoms with van der Waals surface area (Å²) in [6, 6.07) is 8.51. The van der Waals surface area contributed by atoms with Crippen molar-refractivity contribution >= 4 is 5.97 Å². The van der Waals surface area contributed by atoms with Crippen molar-refractivity contribution in [2.75, 3.05) is 19.7 Å². The van der Waals surface area contributed by atoms with Crippen LogP contribution in [0.3, 0.4) is 0 Å². The average molecular weight is 328 g/mol. The second-order valence-electron chi connectivity index (χ2n) is 6.59. The first-order valence-electron chi connectivity index (χ1n) is 8.77. The van der Waals surface area contributed by atoms with Crippen LogP contribution >= 0.6 is 0 Å². The molecule has 128 valence electrons. The lowest BCUT2D eigenvalue weighted by Gasteiger charge is -2.28. The molecule has 5 nitrogen and oxygen atoms in total. The number of ether oxygens (including phenoxy) is 1. The zero-order chi connectivity index (χ0) is 16.9. The molecule has 3 rings (SSSR count). The summed E-state index contributed by atoms with van der Waals surface area (Å²) in [5.74, 6) is 0.0508. The highest BCUT2D eigenvalue weighted by molar-refractivity contribution is 5.72. The molecule has 0 atom stereocenters. The van der Waals surface area contributed by atoms with Gasteiger partial charge in [-0.25, -0.2) is 0 Å². The van der Waals surface area contributed by atoms with Gasteiger partial charge in [0.1, 0.15) is 6.54 Å². The van der Waals surface area contributed by atoms with Crippen LogP contribution in [0.5, 0.6) is 0 Å². The molecule has 0 spiro atoms. The summed E-state index contributed by atoms with van der Waals surface area (Å²) in [6.07, 6.45) is 3.75. The number of carbonyl (C=O) groups is 1. The Hall–Kier alpha value is -2.14. The van der Waals surface area contributed by atoms with Gasteiger partial charge in [-0.1, -0.05) is 29.8 Å². The third-order valence-corrected chi connectivity index (χ3v) is 4.81. The van der Waals surface area contributed by atoms with Gasteiger partial charge in [0.05, 0.1) is 43.1 Å². The van der Waals surface area contributed by atoms with Gasteiger partial charge in [-0.05, 0) is 13.8 Å². The van der Waals surface area contributed by atoms with Gasteiger partial charge in [-0.2, -0.15) is 5.10 Å². The number of aromatic nitrogens is 2. The minimum atomic E-state index is -0.0276. The highest BCUT2D eigenvalue weighted by atomic mass is 16.5. The number of piperidine rings is 1. The van der Waals surface area contributed by atoms with E-state index in [2.05, 4.69) is 41.4 Å². The monoisotopic (exact) mass is 328 g/mol. The van der Waals surface area contributed by atoms with Crippen molar-refractivity contribution in [3.63, 3.8) is 0 Å². The van der Waals surface area contributed by atoms with E-state index in [0.29, 0.717) is 6.61 Å². The zero-order valence-electron chi connectivity index (χ0n) is 14.5. The first-order valence-corrected chi connectivity index (χ1v) is 8.77. The van der Waals surface area contributed by atoms with Crippen molar-refractivity contribution in [3.05, 3.63) is 41.6 Å². The number of hydrogen-bond donors (Lipinski definition) is 2. The number of aromatic amines is 1. The predicted octanol–water partition coefficient (Wildman–Crippen LogP) is 1.74. The lowest BCUT2D eigenvalue weighted by atomic mass is 9.96. The number of likely N-dealkylation sites (tertiary alicyclic amines) is 1. The van der Waals surface area contributed by atoms with Gasteiger partial charge in [0.25, 0.3) is 0 Å². The average Bonchev–Trinajstić information content (AvgIpc) is 3.04. The van der Waals surface area contributed by atoms with Crippen LogP contribution in [0.2, 0.25) is 0 Å². The molecule has 0 radical (unpaired) electrons. The van der Waals surface area contributed by atoms with Crippen LogP contribution < -0.4 is 4.90 Å². The molecule has 2 aromatic rings. The number of hydrogen-bond acceptors (Lipinski definition) is 3. The molecular weight excluding hydrogens is 302 g/mol. The summed E-state index contributed by atoms with van der Waals surface area (Å²) in [7, 11) is 0. The molecule has 2 N–H and O–H groups in total. The van der Waals surface area contributed by atoms with Crippen molar-refractivity contribution in [2.45, 2.75) is 33.2 Å². The largest absolute Gasteiger partial charge is 0.466 e. The molecule has 1 aliphatic rings. The molecule has 1 saturated heterocycles. The summed E-state index contributed by atoms with van der Waals surface area (Å²) in [6.45, 7) is 7.37. The van der Waals surface area contributed by atoms with Crippen LogP contribution in [-0.2, 0) is 16.1 Å². The number of aryl methyl sites for hydroxylation is 1. The molecule has 0 saturated carbocycles. The molecule has 0 amide bonds. The third kappa shape index (κ3) is 3.85. The van der Waals surface area contributed by atoms with Crippen LogP contribution in [-0.4, -0.2) is 35.9 Å². The lowest BCUT2D eigenvalue weighted by molar-refractivity contribution is -0.919. The third-order valence-electron chi connectivity index (χ3n) is 4.81. The number of carbonyl (C=O) groups excluding carboxylic acids is 1. The second kappa shape index (κ2) is 7.62. The van der Waals surface area contributed by atoms with E-state index in [1.807, 2.05) is 13.1 Å². The molecule has 0 unspecified atom stereocenters. The summed E-state index contributed by atoms with van der Waals surface area (Å²) in [4.78, 5) is 13.3. The summed E-state index contributed by atoms with van der Waals surface area (Å²) in [5, 5.41) is 7.38. The van der Waals surface area contributed by atoms with Gasteiger partial charge in [-0.15, -0.1) is 0 Å². The summed E-state index contributed by atoms with van der Waals surface area (Å²) >= 11 is 0. The molecule has 2 heterocycles. The van der Waals surface area contributed by atoms with Crippen LogP contribution in [0.25, 0.3) is 11.3 Å². The van der Waals surface area contributed by atoms with E-state index in [0.717, 1.165) is 38.2 Å². The van der Waals surface area contributed by atoms with Gasteiger partial charge >= 0.3 is 5.97 Å². The minimum Gasteiger partial charge on any atom is -0.466 e. The Labute approximate surface area is 143 Å². The lowest BCUT2D eigenvalue weighted by Crippen LogP contribution is -3.11. The Kier molecular flexibility index (Phi) is 5.30. The topological polar surface area (TPSA) is 59.4 Å². The van der Waals surface area contributed by atoms with E-state index in [4.69, 9.17) is 4.74 Å². The molecule has 1 aromatic heterocycles. The van der Waals surface area contributed by atoms with Crippen molar-refractivity contribution in [1.29, 1.82) is 0 Å². The maximum atomic E-state index is 11.8. The number of quaternary nitrogens is 1. The Bertz CT molecular complexity index is 670. The number of H-pyrrole nitrogens is 1. The number of rotatable bonds is 5. The van der Waals surface area contributed by atoms with E-state index in [1.54, 1.807) is 0 Å². The zero-order valence-corrected chi connectivity index (χ0v) is 14.5.